The Labute approximate surface area is 141 Å². The fourth-order valence-electron chi connectivity index (χ4n) is 2.26. The van der Waals surface area contributed by atoms with Gasteiger partial charge in [-0.05, 0) is 30.2 Å². The molecule has 3 N–H and O–H groups in total. The number of amides is 1. The summed E-state index contributed by atoms with van der Waals surface area (Å²) < 4.78 is 0. The number of nitrogens with one attached hydrogen (secondary N) is 2. The first-order valence-corrected chi connectivity index (χ1v) is 8.15. The van der Waals surface area contributed by atoms with E-state index in [2.05, 4.69) is 10.6 Å². The molecule has 1 unspecified atom stereocenters. The van der Waals surface area contributed by atoms with E-state index in [1.54, 1.807) is 6.07 Å². The summed E-state index contributed by atoms with van der Waals surface area (Å²) in [5.41, 5.74) is 3.10. The minimum atomic E-state index is -0.659. The predicted molar refractivity (Wildman–Crippen MR) is 95.4 cm³/mol. The minimum absolute atomic E-state index is 0.144. The van der Waals surface area contributed by atoms with Crippen LogP contribution in [0.3, 0.4) is 0 Å². The van der Waals surface area contributed by atoms with Gasteiger partial charge in [0, 0.05) is 17.9 Å². The number of anilines is 2. The molecule has 2 rings (SSSR count). The molecule has 1 atom stereocenters. The van der Waals surface area contributed by atoms with Crippen molar-refractivity contribution in [2.24, 2.45) is 0 Å². The van der Waals surface area contributed by atoms with Crippen LogP contribution in [0.25, 0.3) is 0 Å². The molecule has 1 amide bonds. The molecule has 2 aromatic rings. The van der Waals surface area contributed by atoms with Crippen LogP contribution >= 0.6 is 11.6 Å². The maximum atomic E-state index is 12.6. The average molecular weight is 333 g/mol. The van der Waals surface area contributed by atoms with E-state index in [0.29, 0.717) is 17.8 Å². The summed E-state index contributed by atoms with van der Waals surface area (Å²) in [5, 5.41) is 15.6. The first-order valence-electron chi connectivity index (χ1n) is 7.61. The van der Waals surface area contributed by atoms with Gasteiger partial charge < -0.3 is 15.7 Å². The Balaban J connectivity index is 2.16. The molecular formula is C18H21ClN2O2. The van der Waals surface area contributed by atoms with E-state index < -0.39 is 6.10 Å². The first kappa shape index (κ1) is 17.3. The van der Waals surface area contributed by atoms with Crippen molar-refractivity contribution in [3.05, 3.63) is 59.7 Å². The van der Waals surface area contributed by atoms with Gasteiger partial charge in [0.25, 0.3) is 5.91 Å². The van der Waals surface area contributed by atoms with Crippen LogP contribution in [0.5, 0.6) is 0 Å². The van der Waals surface area contributed by atoms with Crippen LogP contribution in [-0.2, 0) is 6.42 Å². The second kappa shape index (κ2) is 8.56. The van der Waals surface area contributed by atoms with E-state index in [-0.39, 0.29) is 11.8 Å². The van der Waals surface area contributed by atoms with E-state index in [1.807, 2.05) is 49.4 Å². The SMILES string of the molecule is CCc1ccccc1NC(=O)c1ccccc1NCC(O)CCl. The van der Waals surface area contributed by atoms with Crippen LogP contribution in [0.1, 0.15) is 22.8 Å². The molecule has 0 bridgehead atoms. The summed E-state index contributed by atoms with van der Waals surface area (Å²) in [7, 11) is 0. The summed E-state index contributed by atoms with van der Waals surface area (Å²) in [6.07, 6.45) is 0.187. The summed E-state index contributed by atoms with van der Waals surface area (Å²) in [6.45, 7) is 2.34. The smallest absolute Gasteiger partial charge is 0.257 e. The number of alkyl halides is 1. The van der Waals surface area contributed by atoms with Crippen LogP contribution in [0, 0.1) is 0 Å². The lowest BCUT2D eigenvalue weighted by Gasteiger charge is -2.15. The number of rotatable bonds is 7. The zero-order chi connectivity index (χ0) is 16.7. The van der Waals surface area contributed by atoms with Gasteiger partial charge in [0.15, 0.2) is 0 Å². The number of aryl methyl sites for hydroxylation is 1. The standard InChI is InChI=1S/C18H21ClN2O2/c1-2-13-7-3-5-9-16(13)21-18(23)15-8-4-6-10-17(15)20-12-14(22)11-19/h3-10,14,20,22H,2,11-12H2,1H3,(H,21,23). The highest BCUT2D eigenvalue weighted by molar-refractivity contribution is 6.18. The quantitative estimate of drug-likeness (QED) is 0.680. The van der Waals surface area contributed by atoms with Gasteiger partial charge in [-0.15, -0.1) is 11.6 Å². The lowest BCUT2D eigenvalue weighted by molar-refractivity contribution is 0.102. The highest BCUT2D eigenvalue weighted by atomic mass is 35.5. The largest absolute Gasteiger partial charge is 0.390 e. The van der Waals surface area contributed by atoms with Gasteiger partial charge in [0.05, 0.1) is 17.5 Å². The highest BCUT2D eigenvalue weighted by Gasteiger charge is 2.13. The molecule has 2 aromatic carbocycles. The maximum Gasteiger partial charge on any atom is 0.257 e. The topological polar surface area (TPSA) is 61.4 Å². The van der Waals surface area contributed by atoms with E-state index in [1.165, 1.54) is 0 Å². The number of carbonyl (C=O) groups excluding carboxylic acids is 1. The number of benzene rings is 2. The van der Waals surface area contributed by atoms with Gasteiger partial charge in [0.1, 0.15) is 0 Å². The zero-order valence-corrected chi connectivity index (χ0v) is 13.8. The third-order valence-corrected chi connectivity index (χ3v) is 3.88. The first-order chi connectivity index (χ1) is 11.2. The molecule has 0 aliphatic carbocycles. The second-order valence-electron chi connectivity index (χ2n) is 5.20. The Morgan fingerprint density at radius 1 is 1.13 bits per heavy atom. The number of hydrogen-bond acceptors (Lipinski definition) is 3. The summed E-state index contributed by atoms with van der Waals surface area (Å²) in [6, 6.07) is 14.9. The lowest BCUT2D eigenvalue weighted by Crippen LogP contribution is -2.23. The molecule has 5 heteroatoms. The summed E-state index contributed by atoms with van der Waals surface area (Å²) >= 11 is 5.59. The Morgan fingerprint density at radius 3 is 2.48 bits per heavy atom. The third-order valence-electron chi connectivity index (χ3n) is 3.52. The van der Waals surface area contributed by atoms with Crippen molar-refractivity contribution in [3.63, 3.8) is 0 Å². The van der Waals surface area contributed by atoms with Gasteiger partial charge in [-0.3, -0.25) is 4.79 Å². The van der Waals surface area contributed by atoms with Crippen molar-refractivity contribution >= 4 is 28.9 Å². The van der Waals surface area contributed by atoms with Crippen molar-refractivity contribution in [1.82, 2.24) is 0 Å². The van der Waals surface area contributed by atoms with Crippen molar-refractivity contribution in [2.45, 2.75) is 19.4 Å². The minimum Gasteiger partial charge on any atom is -0.390 e. The fourth-order valence-corrected chi connectivity index (χ4v) is 2.37. The van der Waals surface area contributed by atoms with Crippen LogP contribution in [0.2, 0.25) is 0 Å². The van der Waals surface area contributed by atoms with E-state index >= 15 is 0 Å². The summed E-state index contributed by atoms with van der Waals surface area (Å²) in [5.74, 6) is -0.0417. The van der Waals surface area contributed by atoms with Gasteiger partial charge in [0.2, 0.25) is 0 Å². The maximum absolute atomic E-state index is 12.6. The zero-order valence-electron chi connectivity index (χ0n) is 13.1. The molecule has 23 heavy (non-hydrogen) atoms. The third kappa shape index (κ3) is 4.71. The molecule has 0 radical (unpaired) electrons. The van der Waals surface area contributed by atoms with E-state index in [9.17, 15) is 9.90 Å². The van der Waals surface area contributed by atoms with Crippen molar-refractivity contribution in [3.8, 4) is 0 Å². The molecule has 0 heterocycles. The van der Waals surface area contributed by atoms with Gasteiger partial charge in [-0.1, -0.05) is 37.3 Å². The number of aliphatic hydroxyl groups excluding tert-OH is 1. The van der Waals surface area contributed by atoms with E-state index in [0.717, 1.165) is 17.7 Å². The van der Waals surface area contributed by atoms with Crippen molar-refractivity contribution < 1.29 is 9.90 Å². The lowest BCUT2D eigenvalue weighted by atomic mass is 10.1. The second-order valence-corrected chi connectivity index (χ2v) is 5.51. The molecule has 0 aliphatic rings. The number of hydrogen-bond donors (Lipinski definition) is 3. The molecule has 0 aromatic heterocycles. The number of carbonyl (C=O) groups is 1. The van der Waals surface area contributed by atoms with Gasteiger partial charge >= 0.3 is 0 Å². The number of halogens is 1. The monoisotopic (exact) mass is 332 g/mol. The molecule has 0 saturated carbocycles. The number of para-hydroxylation sites is 2. The molecule has 122 valence electrons. The highest BCUT2D eigenvalue weighted by Crippen LogP contribution is 2.20. The van der Waals surface area contributed by atoms with Crippen molar-refractivity contribution in [1.29, 1.82) is 0 Å². The normalized spacial score (nSPS) is 11.8. The average Bonchev–Trinajstić information content (AvgIpc) is 2.60. The molecule has 0 saturated heterocycles. The van der Waals surface area contributed by atoms with Gasteiger partial charge in [-0.2, -0.15) is 0 Å². The van der Waals surface area contributed by atoms with Crippen LogP contribution in [0.15, 0.2) is 48.5 Å². The molecule has 0 fully saturated rings. The Kier molecular flexibility index (Phi) is 6.44. The Hall–Kier alpha value is -2.04. The predicted octanol–water partition coefficient (Wildman–Crippen LogP) is 3.51. The van der Waals surface area contributed by atoms with Gasteiger partial charge in [-0.25, -0.2) is 0 Å². The molecule has 4 nitrogen and oxygen atoms in total. The van der Waals surface area contributed by atoms with E-state index in [4.69, 9.17) is 11.6 Å². The summed E-state index contributed by atoms with van der Waals surface area (Å²) in [4.78, 5) is 12.6. The molecule has 0 spiro atoms. The molecule has 0 aliphatic heterocycles. The Bertz CT molecular complexity index is 661. The fraction of sp³-hybridized carbons (Fsp3) is 0.278. The van der Waals surface area contributed by atoms with Crippen LogP contribution < -0.4 is 10.6 Å². The van der Waals surface area contributed by atoms with Crippen LogP contribution in [0.4, 0.5) is 11.4 Å². The number of aliphatic hydroxyl groups is 1. The Morgan fingerprint density at radius 2 is 1.78 bits per heavy atom. The molecular weight excluding hydrogens is 312 g/mol. The van der Waals surface area contributed by atoms with Crippen molar-refractivity contribution in [2.75, 3.05) is 23.1 Å². The van der Waals surface area contributed by atoms with Crippen LogP contribution in [-0.4, -0.2) is 29.5 Å².